The standard InChI is InChI=1S/C23H25N3O5/c1-29-19-6-4-18(5-7-19)25-8-10-26(11-9-25)23(28)17(15-24)12-16-13-20(30-2)22(27)21(14-16)31-3/h4-7,12-14,27H,8-11H2,1-3H3/b17-12+. The summed E-state index contributed by atoms with van der Waals surface area (Å²) in [5, 5.41) is 19.6. The molecule has 162 valence electrons. The van der Waals surface area contributed by atoms with Gasteiger partial charge in [-0.25, -0.2) is 0 Å². The topological polar surface area (TPSA) is 95.3 Å². The number of hydrogen-bond donors (Lipinski definition) is 1. The van der Waals surface area contributed by atoms with Gasteiger partial charge in [-0.3, -0.25) is 4.79 Å². The first-order valence-electron chi connectivity index (χ1n) is 9.75. The van der Waals surface area contributed by atoms with Crippen molar-refractivity contribution in [2.24, 2.45) is 0 Å². The molecule has 0 atom stereocenters. The number of hydrogen-bond acceptors (Lipinski definition) is 7. The van der Waals surface area contributed by atoms with E-state index < -0.39 is 0 Å². The number of rotatable bonds is 6. The molecule has 1 fully saturated rings. The van der Waals surface area contributed by atoms with Gasteiger partial charge in [0, 0.05) is 31.9 Å². The molecule has 0 radical (unpaired) electrons. The van der Waals surface area contributed by atoms with Crippen molar-refractivity contribution in [2.45, 2.75) is 0 Å². The van der Waals surface area contributed by atoms with Gasteiger partial charge in [-0.1, -0.05) is 0 Å². The second kappa shape index (κ2) is 9.76. The summed E-state index contributed by atoms with van der Waals surface area (Å²) in [6.45, 7) is 2.34. The van der Waals surface area contributed by atoms with E-state index in [1.54, 1.807) is 24.1 Å². The molecule has 1 amide bonds. The maximum atomic E-state index is 12.9. The maximum Gasteiger partial charge on any atom is 0.264 e. The zero-order valence-electron chi connectivity index (χ0n) is 17.8. The quantitative estimate of drug-likeness (QED) is 0.564. The number of aromatic hydroxyl groups is 1. The average Bonchev–Trinajstić information content (AvgIpc) is 2.83. The zero-order valence-corrected chi connectivity index (χ0v) is 17.8. The van der Waals surface area contributed by atoms with E-state index in [0.29, 0.717) is 31.7 Å². The number of benzene rings is 2. The fourth-order valence-corrected chi connectivity index (χ4v) is 3.44. The monoisotopic (exact) mass is 423 g/mol. The largest absolute Gasteiger partial charge is 0.502 e. The normalized spacial score (nSPS) is 14.1. The molecular weight excluding hydrogens is 398 g/mol. The molecule has 2 aromatic carbocycles. The third-order valence-electron chi connectivity index (χ3n) is 5.17. The molecule has 0 aliphatic carbocycles. The fraction of sp³-hybridized carbons (Fsp3) is 0.304. The molecule has 0 aromatic heterocycles. The number of nitriles is 1. The number of methoxy groups -OCH3 is 3. The Morgan fingerprint density at radius 1 is 1.00 bits per heavy atom. The fourth-order valence-electron chi connectivity index (χ4n) is 3.44. The van der Waals surface area contributed by atoms with Crippen molar-refractivity contribution in [3.05, 3.63) is 47.5 Å². The highest BCUT2D eigenvalue weighted by atomic mass is 16.5. The predicted octanol–water partition coefficient (Wildman–Crippen LogP) is 2.67. The summed E-state index contributed by atoms with van der Waals surface area (Å²) < 4.78 is 15.5. The molecule has 1 saturated heterocycles. The molecule has 0 spiro atoms. The van der Waals surface area contributed by atoms with Crippen LogP contribution in [0.25, 0.3) is 6.08 Å². The number of amides is 1. The molecule has 8 nitrogen and oxygen atoms in total. The first-order chi connectivity index (χ1) is 15.0. The molecule has 2 aromatic rings. The minimum absolute atomic E-state index is 0.00712. The van der Waals surface area contributed by atoms with Gasteiger partial charge in [-0.2, -0.15) is 5.26 Å². The summed E-state index contributed by atoms with van der Waals surface area (Å²) in [6, 6.07) is 12.9. The highest BCUT2D eigenvalue weighted by Gasteiger charge is 2.24. The molecule has 0 saturated carbocycles. The van der Waals surface area contributed by atoms with Crippen molar-refractivity contribution in [2.75, 3.05) is 52.4 Å². The van der Waals surface area contributed by atoms with E-state index in [2.05, 4.69) is 4.90 Å². The van der Waals surface area contributed by atoms with Crippen molar-refractivity contribution in [1.29, 1.82) is 5.26 Å². The van der Waals surface area contributed by atoms with Crippen LogP contribution in [0.1, 0.15) is 5.56 Å². The van der Waals surface area contributed by atoms with Crippen molar-refractivity contribution < 1.29 is 24.1 Å². The Balaban J connectivity index is 1.72. The van der Waals surface area contributed by atoms with E-state index in [1.807, 2.05) is 30.3 Å². The van der Waals surface area contributed by atoms with Gasteiger partial charge in [0.15, 0.2) is 11.5 Å². The summed E-state index contributed by atoms with van der Waals surface area (Å²) >= 11 is 0. The number of piperazine rings is 1. The molecule has 0 unspecified atom stereocenters. The number of carbonyl (C=O) groups is 1. The Kier molecular flexibility index (Phi) is 6.88. The SMILES string of the molecule is COc1ccc(N2CCN(C(=O)/C(C#N)=C/c3cc(OC)c(O)c(OC)c3)CC2)cc1. The van der Waals surface area contributed by atoms with Crippen LogP contribution in [0.5, 0.6) is 23.0 Å². The average molecular weight is 423 g/mol. The Morgan fingerprint density at radius 3 is 2.06 bits per heavy atom. The molecule has 1 N–H and O–H groups in total. The summed E-state index contributed by atoms with van der Waals surface area (Å²) in [5.41, 5.74) is 1.59. The van der Waals surface area contributed by atoms with E-state index >= 15 is 0 Å². The molecule has 1 heterocycles. The number of phenols is 1. The lowest BCUT2D eigenvalue weighted by Gasteiger charge is -2.36. The third kappa shape index (κ3) is 4.83. The summed E-state index contributed by atoms with van der Waals surface area (Å²) in [4.78, 5) is 16.8. The Bertz CT molecular complexity index is 978. The molecule has 1 aliphatic heterocycles. The van der Waals surface area contributed by atoms with Crippen LogP contribution in [0.3, 0.4) is 0 Å². The third-order valence-corrected chi connectivity index (χ3v) is 5.17. The van der Waals surface area contributed by atoms with E-state index in [4.69, 9.17) is 14.2 Å². The van der Waals surface area contributed by atoms with E-state index in [0.717, 1.165) is 11.4 Å². The van der Waals surface area contributed by atoms with Gasteiger partial charge in [-0.05, 0) is 48.0 Å². The van der Waals surface area contributed by atoms with Crippen LogP contribution in [0.2, 0.25) is 0 Å². The van der Waals surface area contributed by atoms with E-state index in [9.17, 15) is 15.2 Å². The minimum atomic E-state index is -0.331. The van der Waals surface area contributed by atoms with Gasteiger partial charge in [0.1, 0.15) is 17.4 Å². The number of anilines is 1. The second-order valence-electron chi connectivity index (χ2n) is 6.92. The van der Waals surface area contributed by atoms with Crippen LogP contribution in [0, 0.1) is 11.3 Å². The van der Waals surface area contributed by atoms with Crippen molar-refractivity contribution in [3.8, 4) is 29.1 Å². The first-order valence-corrected chi connectivity index (χ1v) is 9.75. The van der Waals surface area contributed by atoms with Crippen molar-refractivity contribution >= 4 is 17.7 Å². The maximum absolute atomic E-state index is 12.9. The summed E-state index contributed by atoms with van der Waals surface area (Å²) in [5.74, 6) is 0.722. The number of nitrogens with zero attached hydrogens (tertiary/aromatic N) is 3. The van der Waals surface area contributed by atoms with Crippen LogP contribution in [0.4, 0.5) is 5.69 Å². The Hall–Kier alpha value is -3.86. The van der Waals surface area contributed by atoms with E-state index in [-0.39, 0.29) is 28.7 Å². The second-order valence-corrected chi connectivity index (χ2v) is 6.92. The summed E-state index contributed by atoms with van der Waals surface area (Å²) in [6.07, 6.45) is 1.47. The van der Waals surface area contributed by atoms with Gasteiger partial charge in [0.05, 0.1) is 21.3 Å². The van der Waals surface area contributed by atoms with Gasteiger partial charge in [0.25, 0.3) is 5.91 Å². The van der Waals surface area contributed by atoms with Gasteiger partial charge in [-0.15, -0.1) is 0 Å². The van der Waals surface area contributed by atoms with Gasteiger partial charge < -0.3 is 29.1 Å². The minimum Gasteiger partial charge on any atom is -0.502 e. The zero-order chi connectivity index (χ0) is 22.4. The number of phenolic OH excluding ortho intramolecular Hbond substituents is 1. The molecule has 0 bridgehead atoms. The van der Waals surface area contributed by atoms with Crippen LogP contribution in [-0.4, -0.2) is 63.4 Å². The van der Waals surface area contributed by atoms with Crippen LogP contribution >= 0.6 is 0 Å². The van der Waals surface area contributed by atoms with Crippen LogP contribution in [0.15, 0.2) is 42.0 Å². The van der Waals surface area contributed by atoms with Gasteiger partial charge >= 0.3 is 0 Å². The molecule has 3 rings (SSSR count). The molecule has 8 heteroatoms. The van der Waals surface area contributed by atoms with Crippen molar-refractivity contribution in [1.82, 2.24) is 4.90 Å². The van der Waals surface area contributed by atoms with E-state index in [1.165, 1.54) is 20.3 Å². The van der Waals surface area contributed by atoms with Crippen LogP contribution < -0.4 is 19.1 Å². The first kappa shape index (κ1) is 21.8. The van der Waals surface area contributed by atoms with Crippen LogP contribution in [-0.2, 0) is 4.79 Å². The van der Waals surface area contributed by atoms with Gasteiger partial charge in [0.2, 0.25) is 5.75 Å². The molecule has 31 heavy (non-hydrogen) atoms. The highest BCUT2D eigenvalue weighted by molar-refractivity contribution is 6.02. The predicted molar refractivity (Wildman–Crippen MR) is 117 cm³/mol. The summed E-state index contributed by atoms with van der Waals surface area (Å²) in [7, 11) is 4.46. The lowest BCUT2D eigenvalue weighted by Crippen LogP contribution is -2.49. The lowest BCUT2D eigenvalue weighted by molar-refractivity contribution is -0.126. The highest BCUT2D eigenvalue weighted by Crippen LogP contribution is 2.37. The number of carbonyl (C=O) groups excluding carboxylic acids is 1. The molecule has 1 aliphatic rings. The lowest BCUT2D eigenvalue weighted by atomic mass is 10.1. The smallest absolute Gasteiger partial charge is 0.264 e. The Labute approximate surface area is 181 Å². The number of ether oxygens (including phenoxy) is 3. The van der Waals surface area contributed by atoms with Crippen molar-refractivity contribution in [3.63, 3.8) is 0 Å². The molecular formula is C23H25N3O5. The Morgan fingerprint density at radius 2 is 1.58 bits per heavy atom.